The van der Waals surface area contributed by atoms with Gasteiger partial charge in [-0.1, -0.05) is 24.3 Å². The highest BCUT2D eigenvalue weighted by molar-refractivity contribution is 7.99. The maximum atomic E-state index is 13.0. The third-order valence-electron chi connectivity index (χ3n) is 4.12. The first-order valence-corrected chi connectivity index (χ1v) is 11.8. The molecule has 0 aliphatic heterocycles. The first kappa shape index (κ1) is 21.9. The second-order valence-electron chi connectivity index (χ2n) is 6.41. The summed E-state index contributed by atoms with van der Waals surface area (Å²) in [5.41, 5.74) is 0.495. The molecule has 0 bridgehead atoms. The van der Waals surface area contributed by atoms with Crippen LogP contribution in [0.1, 0.15) is 16.8 Å². The van der Waals surface area contributed by atoms with Gasteiger partial charge in [0.1, 0.15) is 5.82 Å². The van der Waals surface area contributed by atoms with Gasteiger partial charge in [-0.05, 0) is 66.8 Å². The zero-order valence-electron chi connectivity index (χ0n) is 16.0. The Kier molecular flexibility index (Phi) is 7.48. The van der Waals surface area contributed by atoms with E-state index < -0.39 is 15.8 Å². The molecule has 0 fully saturated rings. The lowest BCUT2D eigenvalue weighted by atomic mass is 10.2. The zero-order valence-corrected chi connectivity index (χ0v) is 17.7. The van der Waals surface area contributed by atoms with Gasteiger partial charge in [-0.3, -0.25) is 9.52 Å². The molecular formula is C22H21FN2O3S2. The zero-order chi connectivity index (χ0) is 21.4. The van der Waals surface area contributed by atoms with E-state index in [1.165, 1.54) is 35.2 Å². The molecule has 0 radical (unpaired) electrons. The molecule has 0 spiro atoms. The standard InChI is InChI=1S/C22H21FN2O3S2/c23-18-10-12-19(13-11-18)25-30(27,28)21-9-4-6-17(16-21)22(26)24-14-5-15-29-20-7-2-1-3-8-20/h1-4,6-13,16,25H,5,14-15H2,(H,24,26). The fourth-order valence-corrected chi connectivity index (χ4v) is 4.60. The predicted octanol–water partition coefficient (Wildman–Crippen LogP) is 4.54. The molecule has 5 nitrogen and oxygen atoms in total. The fourth-order valence-electron chi connectivity index (χ4n) is 2.62. The van der Waals surface area contributed by atoms with E-state index in [0.717, 1.165) is 24.3 Å². The minimum absolute atomic E-state index is 0.0425. The van der Waals surface area contributed by atoms with Crippen LogP contribution >= 0.6 is 11.8 Å². The maximum absolute atomic E-state index is 13.0. The average molecular weight is 445 g/mol. The maximum Gasteiger partial charge on any atom is 0.261 e. The van der Waals surface area contributed by atoms with E-state index in [1.54, 1.807) is 17.8 Å². The highest BCUT2D eigenvalue weighted by atomic mass is 32.2. The smallest absolute Gasteiger partial charge is 0.261 e. The Hall–Kier alpha value is -2.84. The van der Waals surface area contributed by atoms with Crippen LogP contribution in [0.15, 0.2) is 88.7 Å². The Morgan fingerprint density at radius 3 is 2.40 bits per heavy atom. The first-order valence-electron chi connectivity index (χ1n) is 9.28. The van der Waals surface area contributed by atoms with Crippen molar-refractivity contribution in [2.45, 2.75) is 16.2 Å². The quantitative estimate of drug-likeness (QED) is 0.375. The normalized spacial score (nSPS) is 11.1. The van der Waals surface area contributed by atoms with Crippen LogP contribution in [0.5, 0.6) is 0 Å². The summed E-state index contributed by atoms with van der Waals surface area (Å²) < 4.78 is 40.5. The van der Waals surface area contributed by atoms with Gasteiger partial charge in [0.15, 0.2) is 0 Å². The van der Waals surface area contributed by atoms with E-state index >= 15 is 0 Å². The third-order valence-corrected chi connectivity index (χ3v) is 6.60. The van der Waals surface area contributed by atoms with Crippen LogP contribution in [0.25, 0.3) is 0 Å². The molecular weight excluding hydrogens is 423 g/mol. The molecule has 0 aliphatic rings. The second kappa shape index (κ2) is 10.3. The van der Waals surface area contributed by atoms with Gasteiger partial charge in [0, 0.05) is 22.7 Å². The molecule has 0 aliphatic carbocycles. The number of hydrogen-bond donors (Lipinski definition) is 2. The SMILES string of the molecule is O=C(NCCCSc1ccccc1)c1cccc(S(=O)(=O)Nc2ccc(F)cc2)c1. The lowest BCUT2D eigenvalue weighted by Crippen LogP contribution is -2.25. The Morgan fingerprint density at radius 2 is 1.67 bits per heavy atom. The number of anilines is 1. The number of amides is 1. The van der Waals surface area contributed by atoms with Crippen LogP contribution in [0, 0.1) is 5.82 Å². The third kappa shape index (κ3) is 6.33. The van der Waals surface area contributed by atoms with Gasteiger partial charge >= 0.3 is 0 Å². The Bertz CT molecular complexity index is 1090. The van der Waals surface area contributed by atoms with Gasteiger partial charge in [-0.2, -0.15) is 0 Å². The van der Waals surface area contributed by atoms with Crippen LogP contribution in [0.4, 0.5) is 10.1 Å². The molecule has 30 heavy (non-hydrogen) atoms. The van der Waals surface area contributed by atoms with Gasteiger partial charge in [0.2, 0.25) is 0 Å². The fraction of sp³-hybridized carbons (Fsp3) is 0.136. The molecule has 156 valence electrons. The molecule has 3 aromatic rings. The summed E-state index contributed by atoms with van der Waals surface area (Å²) in [5.74, 6) is 0.0673. The van der Waals surface area contributed by atoms with E-state index in [1.807, 2.05) is 30.3 Å². The first-order chi connectivity index (χ1) is 14.4. The number of benzene rings is 3. The molecule has 8 heteroatoms. The number of hydrogen-bond acceptors (Lipinski definition) is 4. The van der Waals surface area contributed by atoms with E-state index in [9.17, 15) is 17.6 Å². The van der Waals surface area contributed by atoms with Crippen molar-refractivity contribution in [2.24, 2.45) is 0 Å². The van der Waals surface area contributed by atoms with Crippen LogP contribution in [-0.4, -0.2) is 26.6 Å². The van der Waals surface area contributed by atoms with Gasteiger partial charge in [0.05, 0.1) is 4.90 Å². The number of thioether (sulfide) groups is 1. The number of sulfonamides is 1. The molecule has 0 aromatic heterocycles. The van der Waals surface area contributed by atoms with Crippen molar-refractivity contribution in [1.82, 2.24) is 5.32 Å². The minimum Gasteiger partial charge on any atom is -0.352 e. The van der Waals surface area contributed by atoms with Gasteiger partial charge in [-0.15, -0.1) is 11.8 Å². The van der Waals surface area contributed by atoms with Crippen molar-refractivity contribution in [3.63, 3.8) is 0 Å². The van der Waals surface area contributed by atoms with Gasteiger partial charge in [0.25, 0.3) is 15.9 Å². The molecule has 2 N–H and O–H groups in total. The van der Waals surface area contributed by atoms with Crippen molar-refractivity contribution < 1.29 is 17.6 Å². The van der Waals surface area contributed by atoms with Crippen molar-refractivity contribution in [1.29, 1.82) is 0 Å². The average Bonchev–Trinajstić information content (AvgIpc) is 2.76. The number of rotatable bonds is 9. The predicted molar refractivity (Wildman–Crippen MR) is 118 cm³/mol. The summed E-state index contributed by atoms with van der Waals surface area (Å²) in [5, 5.41) is 2.81. The van der Waals surface area contributed by atoms with Gasteiger partial charge in [-0.25, -0.2) is 12.8 Å². The molecule has 0 atom stereocenters. The summed E-state index contributed by atoms with van der Waals surface area (Å²) in [6.07, 6.45) is 0.787. The Labute approximate surface area is 179 Å². The lowest BCUT2D eigenvalue weighted by Gasteiger charge is -2.10. The van der Waals surface area contributed by atoms with Crippen LogP contribution in [-0.2, 0) is 10.0 Å². The molecule has 3 rings (SSSR count). The lowest BCUT2D eigenvalue weighted by molar-refractivity contribution is 0.0953. The minimum atomic E-state index is -3.90. The van der Waals surface area contributed by atoms with Gasteiger partial charge < -0.3 is 5.32 Å². The summed E-state index contributed by atoms with van der Waals surface area (Å²) in [6.45, 7) is 0.490. The largest absolute Gasteiger partial charge is 0.352 e. The molecule has 1 amide bonds. The van der Waals surface area contributed by atoms with Crippen LogP contribution in [0.3, 0.4) is 0 Å². The van der Waals surface area contributed by atoms with E-state index in [4.69, 9.17) is 0 Å². The number of carbonyl (C=O) groups is 1. The van der Waals surface area contributed by atoms with E-state index in [-0.39, 0.29) is 22.1 Å². The van der Waals surface area contributed by atoms with E-state index in [0.29, 0.717) is 6.54 Å². The summed E-state index contributed by atoms with van der Waals surface area (Å²) in [4.78, 5) is 13.5. The molecule has 0 heterocycles. The molecule has 0 unspecified atom stereocenters. The van der Waals surface area contributed by atoms with Crippen molar-refractivity contribution in [3.8, 4) is 0 Å². The second-order valence-corrected chi connectivity index (χ2v) is 9.26. The highest BCUT2D eigenvalue weighted by Gasteiger charge is 2.16. The Balaban J connectivity index is 1.54. The topological polar surface area (TPSA) is 75.3 Å². The van der Waals surface area contributed by atoms with E-state index in [2.05, 4.69) is 10.0 Å². The highest BCUT2D eigenvalue weighted by Crippen LogP contribution is 2.19. The van der Waals surface area contributed by atoms with Crippen molar-refractivity contribution >= 4 is 33.4 Å². The Morgan fingerprint density at radius 1 is 0.933 bits per heavy atom. The number of carbonyl (C=O) groups excluding carboxylic acids is 1. The van der Waals surface area contributed by atoms with Crippen molar-refractivity contribution in [3.05, 3.63) is 90.2 Å². The van der Waals surface area contributed by atoms with Crippen molar-refractivity contribution in [2.75, 3.05) is 17.0 Å². The number of nitrogens with one attached hydrogen (secondary N) is 2. The molecule has 0 saturated heterocycles. The monoisotopic (exact) mass is 444 g/mol. The summed E-state index contributed by atoms with van der Waals surface area (Å²) >= 11 is 1.71. The van der Waals surface area contributed by atoms with Crippen LogP contribution < -0.4 is 10.0 Å². The molecule has 3 aromatic carbocycles. The molecule has 0 saturated carbocycles. The summed E-state index contributed by atoms with van der Waals surface area (Å²) in [7, 11) is -3.90. The summed E-state index contributed by atoms with van der Waals surface area (Å²) in [6, 6.07) is 20.8. The van der Waals surface area contributed by atoms with Crippen LogP contribution in [0.2, 0.25) is 0 Å². The number of halogens is 1.